The Kier molecular flexibility index (Phi) is 10.3. The standard InChI is InChI=1S/C17H26O5/c1-3-10-19-11-12-20-13-14-22-16(17(18)21-4-2)15-8-6-5-7-9-15/h5-9,16H,3-4,10-14H2,1-2H3. The van der Waals surface area contributed by atoms with Gasteiger partial charge in [-0.3, -0.25) is 0 Å². The van der Waals surface area contributed by atoms with Crippen LogP contribution in [0.2, 0.25) is 0 Å². The van der Waals surface area contributed by atoms with Crippen molar-refractivity contribution in [1.82, 2.24) is 0 Å². The lowest BCUT2D eigenvalue weighted by atomic mass is 10.1. The van der Waals surface area contributed by atoms with Gasteiger partial charge in [-0.25, -0.2) is 4.79 Å². The third-order valence-corrected chi connectivity index (χ3v) is 2.84. The summed E-state index contributed by atoms with van der Waals surface area (Å²) < 4.78 is 21.4. The van der Waals surface area contributed by atoms with Gasteiger partial charge in [-0.2, -0.15) is 0 Å². The highest BCUT2D eigenvalue weighted by Crippen LogP contribution is 2.18. The highest BCUT2D eigenvalue weighted by atomic mass is 16.6. The SMILES string of the molecule is CCCOCCOCCOC(C(=O)OCC)c1ccccc1. The van der Waals surface area contributed by atoms with E-state index >= 15 is 0 Å². The Labute approximate surface area is 132 Å². The molecule has 0 N–H and O–H groups in total. The second-order valence-corrected chi connectivity index (χ2v) is 4.64. The van der Waals surface area contributed by atoms with Gasteiger partial charge in [0.15, 0.2) is 6.10 Å². The lowest BCUT2D eigenvalue weighted by Crippen LogP contribution is -2.21. The number of hydrogen-bond acceptors (Lipinski definition) is 5. The van der Waals surface area contributed by atoms with Gasteiger partial charge in [0.2, 0.25) is 0 Å². The molecule has 1 atom stereocenters. The predicted molar refractivity (Wildman–Crippen MR) is 83.7 cm³/mol. The number of rotatable bonds is 12. The summed E-state index contributed by atoms with van der Waals surface area (Å²) >= 11 is 0. The van der Waals surface area contributed by atoms with E-state index in [-0.39, 0.29) is 5.97 Å². The molecule has 0 radical (unpaired) electrons. The fraction of sp³-hybridized carbons (Fsp3) is 0.588. The van der Waals surface area contributed by atoms with Gasteiger partial charge in [0, 0.05) is 6.61 Å². The monoisotopic (exact) mass is 310 g/mol. The Morgan fingerprint density at radius 3 is 2.23 bits per heavy atom. The molecule has 124 valence electrons. The van der Waals surface area contributed by atoms with Gasteiger partial charge >= 0.3 is 5.97 Å². The molecule has 0 saturated carbocycles. The van der Waals surface area contributed by atoms with E-state index in [2.05, 4.69) is 6.92 Å². The molecule has 1 aromatic carbocycles. The third kappa shape index (κ3) is 7.54. The summed E-state index contributed by atoms with van der Waals surface area (Å²) in [4.78, 5) is 12.0. The van der Waals surface area contributed by atoms with Crippen molar-refractivity contribution in [2.24, 2.45) is 0 Å². The fourth-order valence-electron chi connectivity index (χ4n) is 1.84. The maximum Gasteiger partial charge on any atom is 0.339 e. The van der Waals surface area contributed by atoms with Crippen LogP contribution in [-0.4, -0.2) is 45.6 Å². The average Bonchev–Trinajstić information content (AvgIpc) is 2.54. The molecule has 1 unspecified atom stereocenters. The second-order valence-electron chi connectivity index (χ2n) is 4.64. The van der Waals surface area contributed by atoms with Crippen molar-refractivity contribution in [1.29, 1.82) is 0 Å². The molecule has 5 heteroatoms. The zero-order valence-corrected chi connectivity index (χ0v) is 13.5. The van der Waals surface area contributed by atoms with Crippen LogP contribution in [-0.2, 0) is 23.7 Å². The third-order valence-electron chi connectivity index (χ3n) is 2.84. The van der Waals surface area contributed by atoms with Crippen LogP contribution in [0.1, 0.15) is 31.9 Å². The quantitative estimate of drug-likeness (QED) is 0.439. The number of esters is 1. The lowest BCUT2D eigenvalue weighted by molar-refractivity contribution is -0.158. The molecule has 0 spiro atoms. The van der Waals surface area contributed by atoms with Crippen molar-refractivity contribution >= 4 is 5.97 Å². The maximum absolute atomic E-state index is 12.0. The van der Waals surface area contributed by atoms with Crippen LogP contribution in [0.3, 0.4) is 0 Å². The van der Waals surface area contributed by atoms with Crippen LogP contribution in [0.25, 0.3) is 0 Å². The number of carbonyl (C=O) groups excluding carboxylic acids is 1. The van der Waals surface area contributed by atoms with E-state index in [1.165, 1.54) is 0 Å². The lowest BCUT2D eigenvalue weighted by Gasteiger charge is -2.17. The number of carbonyl (C=O) groups is 1. The van der Waals surface area contributed by atoms with Gasteiger partial charge in [-0.1, -0.05) is 37.3 Å². The molecule has 1 rings (SSSR count). The predicted octanol–water partition coefficient (Wildman–Crippen LogP) is 2.75. The van der Waals surface area contributed by atoms with Gasteiger partial charge < -0.3 is 18.9 Å². The van der Waals surface area contributed by atoms with Crippen LogP contribution in [0.5, 0.6) is 0 Å². The molecule has 0 bridgehead atoms. The summed E-state index contributed by atoms with van der Waals surface area (Å²) in [7, 11) is 0. The Balaban J connectivity index is 2.32. The summed E-state index contributed by atoms with van der Waals surface area (Å²) in [6.45, 7) is 6.76. The molecule has 0 aliphatic rings. The summed E-state index contributed by atoms with van der Waals surface area (Å²) in [6, 6.07) is 9.33. The number of ether oxygens (including phenoxy) is 4. The van der Waals surface area contributed by atoms with Gasteiger partial charge in [-0.05, 0) is 18.9 Å². The minimum absolute atomic E-state index is 0.326. The molecule has 0 fully saturated rings. The highest BCUT2D eigenvalue weighted by molar-refractivity contribution is 5.76. The normalized spacial score (nSPS) is 12.1. The van der Waals surface area contributed by atoms with Crippen molar-refractivity contribution in [2.45, 2.75) is 26.4 Å². The number of benzene rings is 1. The first kappa shape index (κ1) is 18.6. The van der Waals surface area contributed by atoms with E-state index in [9.17, 15) is 4.79 Å². The second kappa shape index (κ2) is 12.1. The number of hydrogen-bond donors (Lipinski definition) is 0. The summed E-state index contributed by atoms with van der Waals surface area (Å²) in [5, 5.41) is 0. The van der Waals surface area contributed by atoms with Crippen LogP contribution in [0.15, 0.2) is 30.3 Å². The van der Waals surface area contributed by atoms with Gasteiger partial charge in [-0.15, -0.1) is 0 Å². The molecular formula is C17H26O5. The molecular weight excluding hydrogens is 284 g/mol. The Hall–Kier alpha value is -1.43. The van der Waals surface area contributed by atoms with Gasteiger partial charge in [0.1, 0.15) is 0 Å². The van der Waals surface area contributed by atoms with Crippen molar-refractivity contribution in [3.05, 3.63) is 35.9 Å². The molecule has 0 amide bonds. The zero-order chi connectivity index (χ0) is 16.0. The largest absolute Gasteiger partial charge is 0.464 e. The van der Waals surface area contributed by atoms with Crippen LogP contribution < -0.4 is 0 Å². The molecule has 0 heterocycles. The van der Waals surface area contributed by atoms with E-state index in [0.29, 0.717) is 33.0 Å². The Morgan fingerprint density at radius 1 is 0.955 bits per heavy atom. The van der Waals surface area contributed by atoms with Gasteiger partial charge in [0.05, 0.1) is 33.0 Å². The first-order valence-electron chi connectivity index (χ1n) is 7.78. The van der Waals surface area contributed by atoms with Crippen molar-refractivity contribution < 1.29 is 23.7 Å². The summed E-state index contributed by atoms with van der Waals surface area (Å²) in [5.74, 6) is -0.375. The maximum atomic E-state index is 12.0. The molecule has 0 aliphatic heterocycles. The summed E-state index contributed by atoms with van der Waals surface area (Å²) in [6.07, 6.45) is 0.294. The van der Waals surface area contributed by atoms with Crippen molar-refractivity contribution in [2.75, 3.05) is 39.6 Å². The topological polar surface area (TPSA) is 54.0 Å². The smallest absolute Gasteiger partial charge is 0.339 e. The Bertz CT molecular complexity index is 393. The average molecular weight is 310 g/mol. The van der Waals surface area contributed by atoms with Crippen molar-refractivity contribution in [3.8, 4) is 0 Å². The van der Waals surface area contributed by atoms with Crippen LogP contribution >= 0.6 is 0 Å². The van der Waals surface area contributed by atoms with Crippen LogP contribution in [0, 0.1) is 0 Å². The van der Waals surface area contributed by atoms with E-state index < -0.39 is 6.10 Å². The fourth-order valence-corrected chi connectivity index (χ4v) is 1.84. The van der Waals surface area contributed by atoms with E-state index in [4.69, 9.17) is 18.9 Å². The highest BCUT2D eigenvalue weighted by Gasteiger charge is 2.22. The molecule has 0 aromatic heterocycles. The summed E-state index contributed by atoms with van der Waals surface area (Å²) in [5.41, 5.74) is 0.784. The van der Waals surface area contributed by atoms with E-state index in [0.717, 1.165) is 18.6 Å². The molecule has 1 aromatic rings. The first-order valence-corrected chi connectivity index (χ1v) is 7.78. The molecule has 0 aliphatic carbocycles. The van der Waals surface area contributed by atoms with Gasteiger partial charge in [0.25, 0.3) is 0 Å². The van der Waals surface area contributed by atoms with E-state index in [1.807, 2.05) is 30.3 Å². The minimum Gasteiger partial charge on any atom is -0.464 e. The first-order chi connectivity index (χ1) is 10.8. The zero-order valence-electron chi connectivity index (χ0n) is 13.5. The molecule has 0 saturated heterocycles. The molecule has 5 nitrogen and oxygen atoms in total. The van der Waals surface area contributed by atoms with E-state index in [1.54, 1.807) is 6.92 Å². The van der Waals surface area contributed by atoms with Crippen molar-refractivity contribution in [3.63, 3.8) is 0 Å². The Morgan fingerprint density at radius 2 is 1.59 bits per heavy atom. The van der Waals surface area contributed by atoms with Crippen LogP contribution in [0.4, 0.5) is 0 Å². The minimum atomic E-state index is -0.707. The molecule has 22 heavy (non-hydrogen) atoms.